The van der Waals surface area contributed by atoms with Crippen molar-refractivity contribution in [2.45, 2.75) is 33.1 Å². The molecule has 152 valence electrons. The van der Waals surface area contributed by atoms with Gasteiger partial charge in [0.1, 0.15) is 11.6 Å². The van der Waals surface area contributed by atoms with Crippen LogP contribution in [-0.4, -0.2) is 16.2 Å². The van der Waals surface area contributed by atoms with Crippen LogP contribution in [0.2, 0.25) is 0 Å². The molecule has 0 saturated carbocycles. The van der Waals surface area contributed by atoms with Gasteiger partial charge in [0.05, 0.1) is 23.2 Å². The second-order valence-corrected chi connectivity index (χ2v) is 7.45. The summed E-state index contributed by atoms with van der Waals surface area (Å²) in [5.41, 5.74) is 3.53. The molecule has 1 aromatic heterocycles. The van der Waals surface area contributed by atoms with Gasteiger partial charge in [0.2, 0.25) is 0 Å². The van der Waals surface area contributed by atoms with Crippen LogP contribution in [0.25, 0.3) is 28.0 Å². The molecule has 4 aromatic rings. The lowest BCUT2D eigenvalue weighted by Crippen LogP contribution is -2.22. The third kappa shape index (κ3) is 3.73. The molecule has 4 nitrogen and oxygen atoms in total. The Morgan fingerprint density at radius 3 is 2.47 bits per heavy atom. The van der Waals surface area contributed by atoms with Gasteiger partial charge < -0.3 is 4.74 Å². The summed E-state index contributed by atoms with van der Waals surface area (Å²) in [5.74, 6) is 1.85. The predicted octanol–water partition coefficient (Wildman–Crippen LogP) is 5.96. The second kappa shape index (κ2) is 8.54. The molecule has 0 spiro atoms. The van der Waals surface area contributed by atoms with Gasteiger partial charge in [-0.15, -0.1) is 0 Å². The van der Waals surface area contributed by atoms with Crippen molar-refractivity contribution in [1.82, 2.24) is 9.55 Å². The fourth-order valence-electron chi connectivity index (χ4n) is 3.65. The topological polar surface area (TPSA) is 44.1 Å². The molecule has 0 aliphatic heterocycles. The van der Waals surface area contributed by atoms with Gasteiger partial charge in [0, 0.05) is 5.56 Å². The smallest absolute Gasteiger partial charge is 0.266 e. The first-order chi connectivity index (χ1) is 14.6. The minimum absolute atomic E-state index is 0.0753. The van der Waals surface area contributed by atoms with Gasteiger partial charge in [-0.3, -0.25) is 9.36 Å². The van der Waals surface area contributed by atoms with Crippen LogP contribution >= 0.6 is 0 Å². The van der Waals surface area contributed by atoms with E-state index in [4.69, 9.17) is 9.72 Å². The number of ether oxygens (including phenoxy) is 1. The Morgan fingerprint density at radius 2 is 1.73 bits per heavy atom. The van der Waals surface area contributed by atoms with Crippen LogP contribution in [0.15, 0.2) is 77.6 Å². The number of fused-ring (bicyclic) bond motifs is 1. The maximum absolute atomic E-state index is 13.5. The van der Waals surface area contributed by atoms with Crippen molar-refractivity contribution in [2.75, 3.05) is 6.61 Å². The lowest BCUT2D eigenvalue weighted by Gasteiger charge is -2.16. The highest BCUT2D eigenvalue weighted by Gasteiger charge is 2.15. The van der Waals surface area contributed by atoms with Crippen LogP contribution in [0.5, 0.6) is 5.75 Å². The standard InChI is InChI=1S/C26H26N2O2/c1-4-18(3)19-13-15-21(16-14-19)28-25(20-9-8-10-22(17-20)30-5-2)27-24-12-7-6-11-23(24)26(28)29/h6-18H,4-5H2,1-3H3/t18-/m1/s1. The molecule has 4 heteroatoms. The first kappa shape index (κ1) is 19.9. The fraction of sp³-hybridized carbons (Fsp3) is 0.231. The molecule has 1 heterocycles. The van der Waals surface area contributed by atoms with Crippen molar-refractivity contribution in [1.29, 1.82) is 0 Å². The number of para-hydroxylation sites is 1. The Hall–Kier alpha value is -3.40. The molecule has 0 N–H and O–H groups in total. The average molecular weight is 399 g/mol. The molecule has 4 rings (SSSR count). The Balaban J connectivity index is 1.95. The molecule has 3 aromatic carbocycles. The van der Waals surface area contributed by atoms with Gasteiger partial charge in [-0.25, -0.2) is 4.98 Å². The number of benzene rings is 3. The average Bonchev–Trinajstić information content (AvgIpc) is 2.79. The summed E-state index contributed by atoms with van der Waals surface area (Å²) < 4.78 is 7.37. The van der Waals surface area contributed by atoms with E-state index in [1.54, 1.807) is 4.57 Å². The normalized spacial score (nSPS) is 12.1. The van der Waals surface area contributed by atoms with Crippen LogP contribution in [0, 0.1) is 0 Å². The SMILES string of the molecule is CCOc1cccc(-c2nc3ccccc3c(=O)n2-c2ccc([C@H](C)CC)cc2)c1. The summed E-state index contributed by atoms with van der Waals surface area (Å²) in [6, 6.07) is 23.4. The van der Waals surface area contributed by atoms with Gasteiger partial charge in [0.15, 0.2) is 0 Å². The van der Waals surface area contributed by atoms with E-state index in [1.165, 1.54) is 5.56 Å². The highest BCUT2D eigenvalue weighted by atomic mass is 16.5. The quantitative estimate of drug-likeness (QED) is 0.402. The first-order valence-corrected chi connectivity index (χ1v) is 10.5. The van der Waals surface area contributed by atoms with E-state index >= 15 is 0 Å². The molecular formula is C26H26N2O2. The van der Waals surface area contributed by atoms with E-state index in [0.29, 0.717) is 29.3 Å². The number of hydrogen-bond acceptors (Lipinski definition) is 3. The summed E-state index contributed by atoms with van der Waals surface area (Å²) in [5, 5.41) is 0.605. The molecule has 1 atom stereocenters. The number of hydrogen-bond donors (Lipinski definition) is 0. The highest BCUT2D eigenvalue weighted by Crippen LogP contribution is 2.27. The monoisotopic (exact) mass is 398 g/mol. The van der Waals surface area contributed by atoms with Crippen LogP contribution < -0.4 is 10.3 Å². The number of aromatic nitrogens is 2. The van der Waals surface area contributed by atoms with Crippen molar-refractivity contribution in [2.24, 2.45) is 0 Å². The zero-order valence-electron chi connectivity index (χ0n) is 17.6. The van der Waals surface area contributed by atoms with Crippen molar-refractivity contribution in [3.05, 3.63) is 88.7 Å². The van der Waals surface area contributed by atoms with Crippen LogP contribution in [0.4, 0.5) is 0 Å². The van der Waals surface area contributed by atoms with Gasteiger partial charge >= 0.3 is 0 Å². The highest BCUT2D eigenvalue weighted by molar-refractivity contribution is 5.80. The van der Waals surface area contributed by atoms with Crippen molar-refractivity contribution in [3.63, 3.8) is 0 Å². The molecular weight excluding hydrogens is 372 g/mol. The summed E-state index contributed by atoms with van der Waals surface area (Å²) in [7, 11) is 0. The summed E-state index contributed by atoms with van der Waals surface area (Å²) in [6.45, 7) is 6.93. The molecule has 0 unspecified atom stereocenters. The summed E-state index contributed by atoms with van der Waals surface area (Å²) in [4.78, 5) is 18.4. The van der Waals surface area contributed by atoms with E-state index in [2.05, 4.69) is 26.0 Å². The Kier molecular flexibility index (Phi) is 5.66. The molecule has 0 bridgehead atoms. The Morgan fingerprint density at radius 1 is 0.967 bits per heavy atom. The lowest BCUT2D eigenvalue weighted by molar-refractivity contribution is 0.340. The minimum Gasteiger partial charge on any atom is -0.494 e. The summed E-state index contributed by atoms with van der Waals surface area (Å²) >= 11 is 0. The maximum atomic E-state index is 13.5. The van der Waals surface area contributed by atoms with Crippen molar-refractivity contribution >= 4 is 10.9 Å². The van der Waals surface area contributed by atoms with Gasteiger partial charge in [-0.1, -0.05) is 50.2 Å². The van der Waals surface area contributed by atoms with E-state index in [0.717, 1.165) is 23.4 Å². The van der Waals surface area contributed by atoms with Crippen molar-refractivity contribution < 1.29 is 4.74 Å². The fourth-order valence-corrected chi connectivity index (χ4v) is 3.65. The lowest BCUT2D eigenvalue weighted by atomic mass is 9.98. The van der Waals surface area contributed by atoms with Crippen molar-refractivity contribution in [3.8, 4) is 22.8 Å². The second-order valence-electron chi connectivity index (χ2n) is 7.45. The first-order valence-electron chi connectivity index (χ1n) is 10.5. The third-order valence-corrected chi connectivity index (χ3v) is 5.51. The van der Waals surface area contributed by atoms with Crippen LogP contribution in [0.1, 0.15) is 38.7 Å². The van der Waals surface area contributed by atoms with E-state index in [1.807, 2.05) is 67.6 Å². The van der Waals surface area contributed by atoms with E-state index in [-0.39, 0.29) is 5.56 Å². The Labute approximate surface area is 176 Å². The zero-order valence-corrected chi connectivity index (χ0v) is 17.6. The molecule has 0 aliphatic rings. The van der Waals surface area contributed by atoms with Crippen LogP contribution in [-0.2, 0) is 0 Å². The van der Waals surface area contributed by atoms with Crippen LogP contribution in [0.3, 0.4) is 0 Å². The number of rotatable bonds is 6. The maximum Gasteiger partial charge on any atom is 0.266 e. The molecule has 0 radical (unpaired) electrons. The minimum atomic E-state index is -0.0753. The molecule has 0 amide bonds. The molecule has 0 saturated heterocycles. The largest absolute Gasteiger partial charge is 0.494 e. The van der Waals surface area contributed by atoms with Gasteiger partial charge in [0.25, 0.3) is 5.56 Å². The van der Waals surface area contributed by atoms with E-state index < -0.39 is 0 Å². The zero-order chi connectivity index (χ0) is 21.1. The van der Waals surface area contributed by atoms with Gasteiger partial charge in [-0.05, 0) is 61.2 Å². The van der Waals surface area contributed by atoms with E-state index in [9.17, 15) is 4.79 Å². The predicted molar refractivity (Wildman–Crippen MR) is 123 cm³/mol. The molecule has 0 fully saturated rings. The number of nitrogens with zero attached hydrogens (tertiary/aromatic N) is 2. The van der Waals surface area contributed by atoms with Gasteiger partial charge in [-0.2, -0.15) is 0 Å². The summed E-state index contributed by atoms with van der Waals surface area (Å²) in [6.07, 6.45) is 1.08. The molecule has 0 aliphatic carbocycles. The molecule has 30 heavy (non-hydrogen) atoms. The Bertz CT molecular complexity index is 1230. The third-order valence-electron chi connectivity index (χ3n) is 5.51.